The summed E-state index contributed by atoms with van der Waals surface area (Å²) in [7, 11) is 0. The highest BCUT2D eigenvalue weighted by molar-refractivity contribution is 5.66. The summed E-state index contributed by atoms with van der Waals surface area (Å²) >= 11 is 0. The van der Waals surface area contributed by atoms with Crippen LogP contribution in [0.2, 0.25) is 0 Å². The zero-order valence-electron chi connectivity index (χ0n) is 15.9. The lowest BCUT2D eigenvalue weighted by atomic mass is 9.46. The number of hydrogen-bond donors (Lipinski definition) is 0. The smallest absolute Gasteiger partial charge is 0.418 e. The summed E-state index contributed by atoms with van der Waals surface area (Å²) < 4.78 is 93.4. The first-order valence-corrected chi connectivity index (χ1v) is 9.60. The zero-order chi connectivity index (χ0) is 21.3. The Kier molecular flexibility index (Phi) is 4.61. The van der Waals surface area contributed by atoms with Crippen LogP contribution in [0.25, 0.3) is 0 Å². The first-order valence-electron chi connectivity index (χ1n) is 9.60. The van der Waals surface area contributed by atoms with E-state index in [9.17, 15) is 18.0 Å². The second-order valence-electron chi connectivity index (χ2n) is 8.61. The molecule has 1 aliphatic heterocycles. The van der Waals surface area contributed by atoms with Crippen molar-refractivity contribution < 1.29 is 45.7 Å². The van der Waals surface area contributed by atoms with Crippen molar-refractivity contribution in [2.45, 2.75) is 68.1 Å². The number of rotatable bonds is 4. The Hall–Kier alpha value is -1.26. The van der Waals surface area contributed by atoms with Crippen LogP contribution in [0.3, 0.4) is 0 Å². The van der Waals surface area contributed by atoms with Crippen LogP contribution in [0.4, 0.5) is 22.0 Å². The molecular formula is C19H23F5O5. The van der Waals surface area contributed by atoms with E-state index in [1.807, 2.05) is 0 Å². The molecule has 3 atom stereocenters. The number of halogens is 5. The Morgan fingerprint density at radius 3 is 2.31 bits per heavy atom. The molecule has 3 unspecified atom stereocenters. The molecule has 0 aromatic heterocycles. The van der Waals surface area contributed by atoms with E-state index in [0.717, 1.165) is 0 Å². The van der Waals surface area contributed by atoms with Crippen LogP contribution < -0.4 is 0 Å². The maximum Gasteiger partial charge on any atom is 0.462 e. The third-order valence-corrected chi connectivity index (χ3v) is 6.98. The summed E-state index contributed by atoms with van der Waals surface area (Å²) in [5.74, 6) is -12.2. The van der Waals surface area contributed by atoms with E-state index in [-0.39, 0.29) is 25.4 Å². The highest BCUT2D eigenvalue weighted by Crippen LogP contribution is 2.69. The normalized spacial score (nSPS) is 45.4. The van der Waals surface area contributed by atoms with Gasteiger partial charge >= 0.3 is 23.9 Å². The molecule has 4 aliphatic carbocycles. The lowest BCUT2D eigenvalue weighted by Gasteiger charge is -2.67. The van der Waals surface area contributed by atoms with Crippen LogP contribution in [0.5, 0.6) is 0 Å². The van der Waals surface area contributed by atoms with Gasteiger partial charge in [0.2, 0.25) is 0 Å². The molecule has 0 radical (unpaired) electrons. The molecule has 0 aromatic carbocycles. The number of hydrogen-bond acceptors (Lipinski definition) is 5. The molecule has 5 rings (SSSR count). The van der Waals surface area contributed by atoms with Gasteiger partial charge in [-0.3, -0.25) is 4.79 Å². The molecule has 1 heterocycles. The van der Waals surface area contributed by atoms with Crippen molar-refractivity contribution >= 4 is 5.97 Å². The Labute approximate surface area is 164 Å². The van der Waals surface area contributed by atoms with Crippen LogP contribution in [0.15, 0.2) is 12.7 Å². The van der Waals surface area contributed by atoms with Crippen molar-refractivity contribution in [1.82, 2.24) is 0 Å². The second kappa shape index (κ2) is 6.37. The maximum absolute atomic E-state index is 15.9. The lowest BCUT2D eigenvalue weighted by molar-refractivity contribution is -0.519. The molecule has 5 aliphatic rings. The highest BCUT2D eigenvalue weighted by atomic mass is 19.4. The van der Waals surface area contributed by atoms with E-state index in [1.165, 1.54) is 0 Å². The molecule has 0 amide bonds. The largest absolute Gasteiger partial charge is 0.462 e. The average Bonchev–Trinajstić information content (AvgIpc) is 2.58. The minimum atomic E-state index is -5.65. The van der Waals surface area contributed by atoms with Gasteiger partial charge in [-0.2, -0.15) is 22.0 Å². The van der Waals surface area contributed by atoms with Crippen LogP contribution in [-0.2, 0) is 23.7 Å². The van der Waals surface area contributed by atoms with Crippen LogP contribution in [0, 0.1) is 17.8 Å². The van der Waals surface area contributed by atoms with E-state index in [0.29, 0.717) is 26.2 Å². The van der Waals surface area contributed by atoms with Crippen LogP contribution >= 0.6 is 0 Å². The summed E-state index contributed by atoms with van der Waals surface area (Å²) in [6, 6.07) is 0. The SMILES string of the molecule is C=CCOC12CC3CC(C1)C1(OCOC(OC(C)=O)(C(F)(F)F)C1(F)F)C(C3)C2. The third-order valence-electron chi connectivity index (χ3n) is 6.98. The fourth-order valence-electron chi connectivity index (χ4n) is 6.32. The number of alkyl halides is 5. The Morgan fingerprint density at radius 1 is 1.17 bits per heavy atom. The van der Waals surface area contributed by atoms with Crippen LogP contribution in [-0.4, -0.2) is 48.5 Å². The number of carbonyl (C=O) groups is 1. The fraction of sp³-hybridized carbons (Fsp3) is 0.842. The molecule has 1 spiro atoms. The van der Waals surface area contributed by atoms with Gasteiger partial charge < -0.3 is 18.9 Å². The van der Waals surface area contributed by atoms with Crippen molar-refractivity contribution in [2.75, 3.05) is 13.4 Å². The van der Waals surface area contributed by atoms with E-state index in [2.05, 4.69) is 16.1 Å². The van der Waals surface area contributed by atoms with Gasteiger partial charge in [0.05, 0.1) is 12.2 Å². The first kappa shape index (κ1) is 21.0. The summed E-state index contributed by atoms with van der Waals surface area (Å²) in [5.41, 5.74) is -3.11. The van der Waals surface area contributed by atoms with Crippen molar-refractivity contribution in [3.05, 3.63) is 12.7 Å². The summed E-state index contributed by atoms with van der Waals surface area (Å²) in [5, 5.41) is 0. The number of carbonyl (C=O) groups excluding carboxylic acids is 1. The molecule has 0 aromatic rings. The molecule has 4 saturated carbocycles. The third kappa shape index (κ3) is 2.64. The molecule has 1 saturated heterocycles. The van der Waals surface area contributed by atoms with Gasteiger partial charge in [0, 0.05) is 6.92 Å². The summed E-state index contributed by atoms with van der Waals surface area (Å²) in [4.78, 5) is 11.4. The quantitative estimate of drug-likeness (QED) is 0.387. The maximum atomic E-state index is 15.9. The van der Waals surface area contributed by atoms with Gasteiger partial charge in [0.25, 0.3) is 0 Å². The van der Waals surface area contributed by atoms with Gasteiger partial charge in [0.15, 0.2) is 6.79 Å². The standard InChI is InChI=1S/C19H23F5O5/c1-3-4-26-15-7-12-5-13(8-15)16(14(6-12)9-15)17(20,21)18(19(22,23)24,28-10-27-16)29-11(2)25/h3,12-14H,1,4-10H2,2H3. The molecule has 5 nitrogen and oxygen atoms in total. The summed E-state index contributed by atoms with van der Waals surface area (Å²) in [6.07, 6.45) is -2.50. The van der Waals surface area contributed by atoms with Gasteiger partial charge in [-0.05, 0) is 49.9 Å². The van der Waals surface area contributed by atoms with Gasteiger partial charge in [-0.15, -0.1) is 6.58 Å². The minimum Gasteiger partial charge on any atom is -0.418 e. The highest BCUT2D eigenvalue weighted by Gasteiger charge is 2.87. The van der Waals surface area contributed by atoms with E-state index >= 15 is 8.78 Å². The number of ether oxygens (including phenoxy) is 4. The predicted octanol–water partition coefficient (Wildman–Crippen LogP) is 3.97. The van der Waals surface area contributed by atoms with Crippen molar-refractivity contribution in [1.29, 1.82) is 0 Å². The zero-order valence-corrected chi connectivity index (χ0v) is 15.9. The molecule has 5 fully saturated rings. The summed E-state index contributed by atoms with van der Waals surface area (Å²) in [6.45, 7) is 3.44. The Balaban J connectivity index is 1.78. The van der Waals surface area contributed by atoms with Crippen molar-refractivity contribution in [2.24, 2.45) is 17.8 Å². The Morgan fingerprint density at radius 2 is 1.79 bits per heavy atom. The fourth-order valence-corrected chi connectivity index (χ4v) is 6.32. The molecule has 29 heavy (non-hydrogen) atoms. The van der Waals surface area contributed by atoms with Crippen molar-refractivity contribution in [3.63, 3.8) is 0 Å². The second-order valence-corrected chi connectivity index (χ2v) is 8.61. The molecule has 10 heteroatoms. The average molecular weight is 426 g/mol. The van der Waals surface area contributed by atoms with Gasteiger partial charge in [-0.1, -0.05) is 6.08 Å². The predicted molar refractivity (Wildman–Crippen MR) is 87.7 cm³/mol. The van der Waals surface area contributed by atoms with Crippen molar-refractivity contribution in [3.8, 4) is 0 Å². The Bertz CT molecular complexity index is 692. The monoisotopic (exact) mass is 426 g/mol. The van der Waals surface area contributed by atoms with Crippen LogP contribution in [0.1, 0.15) is 39.0 Å². The van der Waals surface area contributed by atoms with E-state index in [4.69, 9.17) is 9.47 Å². The molecular weight excluding hydrogens is 403 g/mol. The first-order chi connectivity index (χ1) is 13.4. The molecule has 0 N–H and O–H groups in total. The lowest BCUT2D eigenvalue weighted by Crippen LogP contribution is -2.81. The topological polar surface area (TPSA) is 54.0 Å². The van der Waals surface area contributed by atoms with Gasteiger partial charge in [-0.25, -0.2) is 0 Å². The molecule has 164 valence electrons. The van der Waals surface area contributed by atoms with E-state index in [1.54, 1.807) is 6.08 Å². The van der Waals surface area contributed by atoms with E-state index < -0.39 is 53.7 Å². The number of esters is 1. The van der Waals surface area contributed by atoms with Gasteiger partial charge in [0.1, 0.15) is 5.60 Å². The minimum absolute atomic E-state index is 0.0687. The molecule has 4 bridgehead atoms.